The lowest BCUT2D eigenvalue weighted by Gasteiger charge is -2.36. The number of likely N-dealkylation sites (N-methyl/N-ethyl adjacent to an activating group) is 1. The van der Waals surface area contributed by atoms with E-state index in [1.54, 1.807) is 4.90 Å². The summed E-state index contributed by atoms with van der Waals surface area (Å²) in [5.41, 5.74) is 0.871. The predicted molar refractivity (Wildman–Crippen MR) is 105 cm³/mol. The molecule has 1 fully saturated rings. The fraction of sp³-hybridized carbons (Fsp3) is 0.400. The van der Waals surface area contributed by atoms with Crippen LogP contribution in [0.4, 0.5) is 0 Å². The fourth-order valence-electron chi connectivity index (χ4n) is 3.33. The molecule has 1 aromatic heterocycles. The van der Waals surface area contributed by atoms with Crippen LogP contribution < -0.4 is 0 Å². The Morgan fingerprint density at radius 2 is 2.00 bits per heavy atom. The second kappa shape index (κ2) is 8.69. The van der Waals surface area contributed by atoms with E-state index in [0.29, 0.717) is 30.4 Å². The van der Waals surface area contributed by atoms with Gasteiger partial charge in [0.15, 0.2) is 0 Å². The first kappa shape index (κ1) is 18.9. The molecular weight excluding hydrogens is 368 g/mol. The van der Waals surface area contributed by atoms with Crippen molar-refractivity contribution in [2.24, 2.45) is 0 Å². The van der Waals surface area contributed by atoms with Crippen LogP contribution in [0.5, 0.6) is 0 Å². The number of thiophene rings is 1. The molecule has 0 radical (unpaired) electrons. The molecule has 0 saturated carbocycles. The lowest BCUT2D eigenvalue weighted by atomic mass is 10.00. The predicted octanol–water partition coefficient (Wildman–Crippen LogP) is 4.50. The van der Waals surface area contributed by atoms with Crippen molar-refractivity contribution >= 4 is 34.8 Å². The van der Waals surface area contributed by atoms with Crippen LogP contribution in [-0.2, 0) is 16.1 Å². The average Bonchev–Trinajstić information content (AvgIpc) is 3.07. The largest absolute Gasteiger partial charge is 0.336 e. The summed E-state index contributed by atoms with van der Waals surface area (Å²) in [7, 11) is 0. The molecule has 6 heteroatoms. The van der Waals surface area contributed by atoms with Crippen LogP contribution in [0.2, 0.25) is 4.34 Å². The first-order valence-corrected chi connectivity index (χ1v) is 10.2. The molecule has 4 nitrogen and oxygen atoms in total. The number of piperidine rings is 1. The van der Waals surface area contributed by atoms with E-state index in [-0.39, 0.29) is 11.8 Å². The Hall–Kier alpha value is -1.85. The van der Waals surface area contributed by atoms with Gasteiger partial charge in [0.2, 0.25) is 11.8 Å². The van der Waals surface area contributed by atoms with Gasteiger partial charge in [-0.15, -0.1) is 11.3 Å². The standard InChI is InChI=1S/C20H23ClN2O2S/c1-2-22(14-16-11-12-17(21)26-16)20(25)19(15-8-4-3-5-9-15)23-13-7-6-10-18(23)24/h3-5,8-9,11-12,19H,2,6-7,10,13-14H2,1H3. The normalized spacial score (nSPS) is 15.8. The molecule has 0 aliphatic carbocycles. The van der Waals surface area contributed by atoms with Crippen molar-refractivity contribution in [3.63, 3.8) is 0 Å². The van der Waals surface area contributed by atoms with Crippen LogP contribution in [0.3, 0.4) is 0 Å². The molecule has 3 rings (SSSR count). The van der Waals surface area contributed by atoms with Gasteiger partial charge in [-0.3, -0.25) is 9.59 Å². The Balaban J connectivity index is 1.89. The number of halogens is 1. The number of amides is 2. The molecule has 1 aliphatic rings. The molecule has 0 spiro atoms. The zero-order chi connectivity index (χ0) is 18.5. The maximum Gasteiger partial charge on any atom is 0.250 e. The van der Waals surface area contributed by atoms with Crippen LogP contribution >= 0.6 is 22.9 Å². The summed E-state index contributed by atoms with van der Waals surface area (Å²) in [4.78, 5) is 30.6. The minimum absolute atomic E-state index is 0.0292. The van der Waals surface area contributed by atoms with Gasteiger partial charge in [0.1, 0.15) is 6.04 Å². The summed E-state index contributed by atoms with van der Waals surface area (Å²) in [5, 5.41) is 0. The number of hydrogen-bond donors (Lipinski definition) is 0. The van der Waals surface area contributed by atoms with Crippen molar-refractivity contribution in [2.45, 2.75) is 38.8 Å². The number of hydrogen-bond acceptors (Lipinski definition) is 3. The van der Waals surface area contributed by atoms with E-state index in [1.165, 1.54) is 11.3 Å². The number of rotatable bonds is 6. The van der Waals surface area contributed by atoms with Crippen molar-refractivity contribution < 1.29 is 9.59 Å². The summed E-state index contributed by atoms with van der Waals surface area (Å²) in [6.07, 6.45) is 2.36. The zero-order valence-corrected chi connectivity index (χ0v) is 16.4. The van der Waals surface area contributed by atoms with Crippen molar-refractivity contribution in [1.29, 1.82) is 0 Å². The quantitative estimate of drug-likeness (QED) is 0.728. The number of carbonyl (C=O) groups is 2. The van der Waals surface area contributed by atoms with Gasteiger partial charge < -0.3 is 9.80 Å². The molecule has 1 saturated heterocycles. The van der Waals surface area contributed by atoms with Crippen LogP contribution in [0.25, 0.3) is 0 Å². The molecule has 0 N–H and O–H groups in total. The highest BCUT2D eigenvalue weighted by Gasteiger charge is 2.35. The van der Waals surface area contributed by atoms with Gasteiger partial charge in [0, 0.05) is 24.4 Å². The number of benzene rings is 1. The topological polar surface area (TPSA) is 40.6 Å². The molecule has 2 heterocycles. The van der Waals surface area contributed by atoms with Gasteiger partial charge in [0.25, 0.3) is 0 Å². The van der Waals surface area contributed by atoms with E-state index in [2.05, 4.69) is 0 Å². The first-order valence-electron chi connectivity index (χ1n) is 8.97. The summed E-state index contributed by atoms with van der Waals surface area (Å²) in [6, 6.07) is 12.9. The van der Waals surface area contributed by atoms with E-state index in [0.717, 1.165) is 23.3 Å². The highest BCUT2D eigenvalue weighted by molar-refractivity contribution is 7.16. The third-order valence-electron chi connectivity index (χ3n) is 4.69. The molecule has 1 aliphatic heterocycles. The average molecular weight is 391 g/mol. The second-order valence-corrected chi connectivity index (χ2v) is 8.22. The molecule has 1 unspecified atom stereocenters. The van der Waals surface area contributed by atoms with Gasteiger partial charge in [-0.2, -0.15) is 0 Å². The Kier molecular flexibility index (Phi) is 6.33. The van der Waals surface area contributed by atoms with E-state index in [1.807, 2.05) is 54.3 Å². The lowest BCUT2D eigenvalue weighted by molar-refractivity contribution is -0.148. The van der Waals surface area contributed by atoms with Gasteiger partial charge in [0.05, 0.1) is 10.9 Å². The minimum atomic E-state index is -0.556. The summed E-state index contributed by atoms with van der Waals surface area (Å²) in [6.45, 7) is 3.69. The van der Waals surface area contributed by atoms with Gasteiger partial charge in [-0.1, -0.05) is 41.9 Å². The van der Waals surface area contributed by atoms with E-state index in [9.17, 15) is 9.59 Å². The molecule has 2 amide bonds. The SMILES string of the molecule is CCN(Cc1ccc(Cl)s1)C(=O)C(c1ccccc1)N1CCCCC1=O. The Morgan fingerprint density at radius 1 is 1.23 bits per heavy atom. The highest BCUT2D eigenvalue weighted by Crippen LogP contribution is 2.29. The number of nitrogens with zero attached hydrogens (tertiary/aromatic N) is 2. The Labute approximate surface area is 163 Å². The number of likely N-dealkylation sites (tertiary alicyclic amines) is 1. The maximum atomic E-state index is 13.4. The van der Waals surface area contributed by atoms with Gasteiger partial charge >= 0.3 is 0 Å². The van der Waals surface area contributed by atoms with E-state index in [4.69, 9.17) is 11.6 Å². The van der Waals surface area contributed by atoms with E-state index >= 15 is 0 Å². The molecule has 138 valence electrons. The third kappa shape index (κ3) is 4.27. The van der Waals surface area contributed by atoms with Crippen LogP contribution in [-0.4, -0.2) is 34.7 Å². The summed E-state index contributed by atoms with van der Waals surface area (Å²) < 4.78 is 0.717. The van der Waals surface area contributed by atoms with Crippen LogP contribution in [0, 0.1) is 0 Å². The molecular formula is C20H23ClN2O2S. The maximum absolute atomic E-state index is 13.4. The first-order chi connectivity index (χ1) is 12.6. The summed E-state index contributed by atoms with van der Waals surface area (Å²) in [5.74, 6) is 0.0344. The van der Waals surface area contributed by atoms with Crippen molar-refractivity contribution in [2.75, 3.05) is 13.1 Å². The van der Waals surface area contributed by atoms with Crippen LogP contribution in [0.15, 0.2) is 42.5 Å². The van der Waals surface area contributed by atoms with Gasteiger partial charge in [-0.05, 0) is 37.5 Å². The molecule has 26 heavy (non-hydrogen) atoms. The van der Waals surface area contributed by atoms with Crippen molar-refractivity contribution in [3.8, 4) is 0 Å². The highest BCUT2D eigenvalue weighted by atomic mass is 35.5. The van der Waals surface area contributed by atoms with E-state index < -0.39 is 6.04 Å². The summed E-state index contributed by atoms with van der Waals surface area (Å²) >= 11 is 7.51. The second-order valence-electron chi connectivity index (χ2n) is 6.42. The van der Waals surface area contributed by atoms with Crippen molar-refractivity contribution in [3.05, 3.63) is 57.2 Å². The molecule has 1 atom stereocenters. The Bertz CT molecular complexity index is 762. The molecule has 2 aromatic rings. The third-order valence-corrected chi connectivity index (χ3v) is 5.91. The zero-order valence-electron chi connectivity index (χ0n) is 14.9. The van der Waals surface area contributed by atoms with Crippen molar-refractivity contribution in [1.82, 2.24) is 9.80 Å². The minimum Gasteiger partial charge on any atom is -0.336 e. The number of carbonyl (C=O) groups excluding carboxylic acids is 2. The lowest BCUT2D eigenvalue weighted by Crippen LogP contribution is -2.47. The van der Waals surface area contributed by atoms with Gasteiger partial charge in [-0.25, -0.2) is 0 Å². The monoisotopic (exact) mass is 390 g/mol. The smallest absolute Gasteiger partial charge is 0.250 e. The fourth-order valence-corrected chi connectivity index (χ4v) is 4.44. The van der Waals surface area contributed by atoms with Crippen LogP contribution in [0.1, 0.15) is 42.7 Å². The Morgan fingerprint density at radius 3 is 2.62 bits per heavy atom. The molecule has 0 bridgehead atoms. The molecule has 1 aromatic carbocycles.